The Morgan fingerprint density at radius 3 is 2.46 bits per heavy atom. The van der Waals surface area contributed by atoms with Crippen molar-refractivity contribution in [1.82, 2.24) is 5.32 Å². The van der Waals surface area contributed by atoms with Gasteiger partial charge in [-0.25, -0.2) is 0 Å². The van der Waals surface area contributed by atoms with Gasteiger partial charge in [0.05, 0.1) is 12.7 Å². The van der Waals surface area contributed by atoms with Crippen LogP contribution in [0.1, 0.15) is 75.2 Å². The normalized spacial score (nSPS) is 14.9. The standard InChI is InChI=1S/C34H45NO4/c1-34(2)38-26-31-24-30(18-19-33(31)39-34)32(36)25-35-20-9-3-4-10-21-37-22-11-8-13-27-14-12-17-29(23-27)28-15-6-5-7-16-28/h5-7,12,14-19,23-24,32,35-36H,3-4,8-11,13,20-22,25-26H2,1-2H3/t32-/m0/s1. The molecule has 3 aromatic rings. The van der Waals surface area contributed by atoms with Crippen LogP contribution in [0.5, 0.6) is 5.75 Å². The molecule has 0 bridgehead atoms. The molecule has 0 fully saturated rings. The zero-order chi connectivity index (χ0) is 27.3. The number of rotatable bonds is 16. The molecule has 210 valence electrons. The van der Waals surface area contributed by atoms with Gasteiger partial charge in [0, 0.05) is 39.2 Å². The highest BCUT2D eigenvalue weighted by Gasteiger charge is 2.27. The average molecular weight is 532 g/mol. The molecule has 1 heterocycles. The summed E-state index contributed by atoms with van der Waals surface area (Å²) in [6, 6.07) is 25.3. The van der Waals surface area contributed by atoms with Crippen molar-refractivity contribution in [2.24, 2.45) is 0 Å². The lowest BCUT2D eigenvalue weighted by Crippen LogP contribution is -2.35. The summed E-state index contributed by atoms with van der Waals surface area (Å²) in [6.45, 7) is 7.47. The van der Waals surface area contributed by atoms with Gasteiger partial charge < -0.3 is 24.6 Å². The number of fused-ring (bicyclic) bond motifs is 1. The third-order valence-electron chi connectivity index (χ3n) is 7.17. The van der Waals surface area contributed by atoms with Crippen LogP contribution in [0.3, 0.4) is 0 Å². The van der Waals surface area contributed by atoms with Gasteiger partial charge in [0.2, 0.25) is 5.79 Å². The Hall–Kier alpha value is -2.70. The molecule has 0 saturated carbocycles. The Labute approximate surface area is 234 Å². The van der Waals surface area contributed by atoms with Crippen LogP contribution in [0.25, 0.3) is 11.1 Å². The Bertz CT molecular complexity index is 1130. The molecule has 0 spiro atoms. The van der Waals surface area contributed by atoms with E-state index >= 15 is 0 Å². The molecule has 1 atom stereocenters. The number of aryl methyl sites for hydroxylation is 1. The van der Waals surface area contributed by atoms with Crippen LogP contribution >= 0.6 is 0 Å². The second-order valence-corrected chi connectivity index (χ2v) is 10.9. The molecule has 0 saturated heterocycles. The minimum absolute atomic E-state index is 0.504. The largest absolute Gasteiger partial charge is 0.463 e. The Morgan fingerprint density at radius 1 is 0.846 bits per heavy atom. The summed E-state index contributed by atoms with van der Waals surface area (Å²) in [6.07, 6.45) is 7.38. The van der Waals surface area contributed by atoms with Gasteiger partial charge in [-0.15, -0.1) is 0 Å². The third kappa shape index (κ3) is 9.77. The van der Waals surface area contributed by atoms with Crippen LogP contribution in [0.4, 0.5) is 0 Å². The average Bonchev–Trinajstić information content (AvgIpc) is 2.95. The minimum atomic E-state index is -0.600. The van der Waals surface area contributed by atoms with Gasteiger partial charge in [-0.2, -0.15) is 0 Å². The van der Waals surface area contributed by atoms with Gasteiger partial charge in [-0.1, -0.05) is 73.5 Å². The molecular weight excluding hydrogens is 486 g/mol. The molecule has 5 nitrogen and oxygen atoms in total. The summed E-state index contributed by atoms with van der Waals surface area (Å²) in [5.41, 5.74) is 5.85. The molecule has 0 radical (unpaired) electrons. The van der Waals surface area contributed by atoms with Crippen molar-refractivity contribution in [3.63, 3.8) is 0 Å². The number of hydrogen-bond donors (Lipinski definition) is 2. The maximum Gasteiger partial charge on any atom is 0.205 e. The van der Waals surface area contributed by atoms with E-state index < -0.39 is 11.9 Å². The molecule has 0 amide bonds. The van der Waals surface area contributed by atoms with Gasteiger partial charge in [0.1, 0.15) is 5.75 Å². The van der Waals surface area contributed by atoms with Crippen LogP contribution in [0, 0.1) is 0 Å². The molecule has 5 heteroatoms. The van der Waals surface area contributed by atoms with Gasteiger partial charge in [-0.05, 0) is 73.0 Å². The third-order valence-corrected chi connectivity index (χ3v) is 7.17. The van der Waals surface area contributed by atoms with E-state index in [9.17, 15) is 5.11 Å². The fraction of sp³-hybridized carbons (Fsp3) is 0.471. The molecule has 1 aliphatic rings. The molecule has 0 aliphatic carbocycles. The molecule has 4 rings (SSSR count). The maximum absolute atomic E-state index is 10.5. The second kappa shape index (κ2) is 15.2. The summed E-state index contributed by atoms with van der Waals surface area (Å²) in [7, 11) is 0. The lowest BCUT2D eigenvalue weighted by Gasteiger charge is -2.33. The number of aliphatic hydroxyl groups is 1. The van der Waals surface area contributed by atoms with Crippen LogP contribution in [-0.4, -0.2) is 37.2 Å². The van der Waals surface area contributed by atoms with Gasteiger partial charge in [0.25, 0.3) is 0 Å². The SMILES string of the molecule is CC1(C)OCc2cc([C@@H](O)CNCCCCCCOCCCCc3cccc(-c4ccccc4)c3)ccc2O1. The fourth-order valence-electron chi connectivity index (χ4n) is 4.90. The predicted molar refractivity (Wildman–Crippen MR) is 158 cm³/mol. The van der Waals surface area contributed by atoms with E-state index in [-0.39, 0.29) is 0 Å². The molecule has 2 N–H and O–H groups in total. The van der Waals surface area contributed by atoms with Gasteiger partial charge in [-0.3, -0.25) is 0 Å². The predicted octanol–water partition coefficient (Wildman–Crippen LogP) is 7.22. The quantitative estimate of drug-likeness (QED) is 0.191. The molecular formula is C34H45NO4. The molecule has 1 aliphatic heterocycles. The first-order valence-corrected chi connectivity index (χ1v) is 14.6. The smallest absolute Gasteiger partial charge is 0.205 e. The highest BCUT2D eigenvalue weighted by Crippen LogP contribution is 2.32. The Kier molecular flexibility index (Phi) is 11.4. The van der Waals surface area contributed by atoms with Crippen LogP contribution in [0.15, 0.2) is 72.8 Å². The number of hydrogen-bond acceptors (Lipinski definition) is 5. The summed E-state index contributed by atoms with van der Waals surface area (Å²) in [5, 5.41) is 13.9. The first-order valence-electron chi connectivity index (χ1n) is 14.6. The fourth-order valence-corrected chi connectivity index (χ4v) is 4.90. The Morgan fingerprint density at radius 2 is 1.62 bits per heavy atom. The van der Waals surface area contributed by atoms with Crippen molar-refractivity contribution < 1.29 is 19.3 Å². The number of ether oxygens (including phenoxy) is 3. The van der Waals surface area contributed by atoms with Gasteiger partial charge in [0.15, 0.2) is 0 Å². The minimum Gasteiger partial charge on any atom is -0.463 e. The van der Waals surface area contributed by atoms with Crippen molar-refractivity contribution >= 4 is 0 Å². The topological polar surface area (TPSA) is 60.0 Å². The highest BCUT2D eigenvalue weighted by molar-refractivity contribution is 5.63. The van der Waals surface area contributed by atoms with E-state index in [1.807, 2.05) is 32.0 Å². The first-order chi connectivity index (χ1) is 19.0. The summed E-state index contributed by atoms with van der Waals surface area (Å²) < 4.78 is 17.4. The molecule has 0 unspecified atom stereocenters. The highest BCUT2D eigenvalue weighted by atomic mass is 16.7. The maximum atomic E-state index is 10.5. The summed E-state index contributed by atoms with van der Waals surface area (Å²) in [5.74, 6) is 0.237. The number of unbranched alkanes of at least 4 members (excludes halogenated alkanes) is 4. The van der Waals surface area contributed by atoms with Crippen molar-refractivity contribution in [2.75, 3.05) is 26.3 Å². The van der Waals surface area contributed by atoms with E-state index in [1.54, 1.807) is 0 Å². The van der Waals surface area contributed by atoms with Crippen LogP contribution < -0.4 is 10.1 Å². The van der Waals surface area contributed by atoms with E-state index in [2.05, 4.69) is 59.9 Å². The van der Waals surface area contributed by atoms with Crippen molar-refractivity contribution in [1.29, 1.82) is 0 Å². The number of nitrogens with one attached hydrogen (secondary N) is 1. The van der Waals surface area contributed by atoms with E-state index in [0.29, 0.717) is 13.2 Å². The van der Waals surface area contributed by atoms with Crippen LogP contribution in [0.2, 0.25) is 0 Å². The van der Waals surface area contributed by atoms with Crippen molar-refractivity contribution in [2.45, 2.75) is 77.3 Å². The van der Waals surface area contributed by atoms with Crippen LogP contribution in [-0.2, 0) is 22.5 Å². The van der Waals surface area contributed by atoms with E-state index in [4.69, 9.17) is 14.2 Å². The number of benzene rings is 3. The molecule has 3 aromatic carbocycles. The van der Waals surface area contributed by atoms with E-state index in [0.717, 1.165) is 68.7 Å². The Balaban J connectivity index is 0.977. The summed E-state index contributed by atoms with van der Waals surface area (Å²) >= 11 is 0. The molecule has 0 aromatic heterocycles. The first kappa shape index (κ1) is 29.3. The number of aliphatic hydroxyl groups excluding tert-OH is 1. The summed E-state index contributed by atoms with van der Waals surface area (Å²) in [4.78, 5) is 0. The van der Waals surface area contributed by atoms with Crippen molar-refractivity contribution in [3.8, 4) is 16.9 Å². The second-order valence-electron chi connectivity index (χ2n) is 10.9. The lowest BCUT2D eigenvalue weighted by molar-refractivity contribution is -0.180. The van der Waals surface area contributed by atoms with Gasteiger partial charge >= 0.3 is 0 Å². The van der Waals surface area contributed by atoms with E-state index in [1.165, 1.54) is 29.5 Å². The molecule has 39 heavy (non-hydrogen) atoms. The van der Waals surface area contributed by atoms with Crippen molar-refractivity contribution in [3.05, 3.63) is 89.5 Å². The monoisotopic (exact) mass is 531 g/mol. The zero-order valence-electron chi connectivity index (χ0n) is 23.7. The zero-order valence-corrected chi connectivity index (χ0v) is 23.7. The lowest BCUT2D eigenvalue weighted by atomic mass is 10.0.